The smallest absolute Gasteiger partial charge is 0.259 e. The minimum Gasteiger partial charge on any atom is -0.313 e. The molecule has 2 aliphatic heterocycles. The number of hydrogen-bond acceptors (Lipinski definition) is 3. The maximum Gasteiger partial charge on any atom is 0.259 e. The summed E-state index contributed by atoms with van der Waals surface area (Å²) in [7, 11) is 0. The molecule has 4 aromatic carbocycles. The van der Waals surface area contributed by atoms with E-state index < -0.39 is 0 Å². The average Bonchev–Trinajstić information content (AvgIpc) is 3.23. The fourth-order valence-electron chi connectivity index (χ4n) is 4.91. The number of hydrogen-bond donors (Lipinski definition) is 1. The second kappa shape index (κ2) is 6.93. The van der Waals surface area contributed by atoms with Crippen molar-refractivity contribution in [3.63, 3.8) is 0 Å². The first-order valence-electron chi connectivity index (χ1n) is 10.6. The number of rotatable bonds is 6. The van der Waals surface area contributed by atoms with Gasteiger partial charge in [0.15, 0.2) is 0 Å². The Labute approximate surface area is 179 Å². The first-order chi connectivity index (χ1) is 15.2. The molecule has 1 N–H and O–H groups in total. The van der Waals surface area contributed by atoms with E-state index in [0.29, 0.717) is 26.2 Å². The SMILES string of the molecule is O=C1c2cccc3cccc(c23)N1CCNCCN1C(=O)c2cccc3cccc1c23. The van der Waals surface area contributed by atoms with Gasteiger partial charge in [0.05, 0.1) is 11.4 Å². The summed E-state index contributed by atoms with van der Waals surface area (Å²) in [6.45, 7) is 2.51. The molecule has 31 heavy (non-hydrogen) atoms. The molecule has 0 saturated carbocycles. The monoisotopic (exact) mass is 407 g/mol. The number of anilines is 2. The van der Waals surface area contributed by atoms with Gasteiger partial charge >= 0.3 is 0 Å². The molecule has 2 heterocycles. The molecule has 5 nitrogen and oxygen atoms in total. The van der Waals surface area contributed by atoms with Crippen molar-refractivity contribution < 1.29 is 9.59 Å². The highest BCUT2D eigenvalue weighted by molar-refractivity contribution is 6.25. The Bertz CT molecular complexity index is 1260. The quantitative estimate of drug-likeness (QED) is 0.488. The van der Waals surface area contributed by atoms with E-state index in [1.165, 1.54) is 0 Å². The van der Waals surface area contributed by atoms with Gasteiger partial charge in [-0.2, -0.15) is 0 Å². The van der Waals surface area contributed by atoms with Gasteiger partial charge in [0.2, 0.25) is 0 Å². The van der Waals surface area contributed by atoms with Crippen LogP contribution in [0.4, 0.5) is 11.4 Å². The average molecular weight is 407 g/mol. The molecule has 0 spiro atoms. The van der Waals surface area contributed by atoms with Crippen LogP contribution in [0.2, 0.25) is 0 Å². The van der Waals surface area contributed by atoms with Crippen LogP contribution in [-0.2, 0) is 0 Å². The van der Waals surface area contributed by atoms with Gasteiger partial charge in [0.1, 0.15) is 0 Å². The molecule has 0 saturated heterocycles. The summed E-state index contributed by atoms with van der Waals surface area (Å²) in [6.07, 6.45) is 0. The molecule has 0 fully saturated rings. The van der Waals surface area contributed by atoms with Gasteiger partial charge in [0.25, 0.3) is 11.8 Å². The van der Waals surface area contributed by atoms with Crippen LogP contribution in [0.3, 0.4) is 0 Å². The third-order valence-electron chi connectivity index (χ3n) is 6.32. The first-order valence-corrected chi connectivity index (χ1v) is 10.6. The Morgan fingerprint density at radius 1 is 0.581 bits per heavy atom. The molecule has 2 amide bonds. The standard InChI is InChI=1S/C26H21N3O2/c30-25-19-9-1-5-17-7-3-11-21(23(17)19)28(25)15-13-27-14-16-29-22-12-4-8-18-6-2-10-20(24(18)22)26(29)31/h1-12,27H,13-16H2. The van der Waals surface area contributed by atoms with Crippen LogP contribution in [-0.4, -0.2) is 38.0 Å². The molecule has 5 heteroatoms. The number of amides is 2. The zero-order chi connectivity index (χ0) is 20.9. The Morgan fingerprint density at radius 3 is 1.45 bits per heavy atom. The van der Waals surface area contributed by atoms with E-state index in [4.69, 9.17) is 0 Å². The Kier molecular flexibility index (Phi) is 4.04. The van der Waals surface area contributed by atoms with Gasteiger partial charge in [-0.1, -0.05) is 48.5 Å². The summed E-state index contributed by atoms with van der Waals surface area (Å²) in [6, 6.07) is 23.9. The molecule has 0 bridgehead atoms. The van der Waals surface area contributed by atoms with Gasteiger partial charge in [-0.05, 0) is 35.0 Å². The lowest BCUT2D eigenvalue weighted by atomic mass is 10.1. The highest BCUT2D eigenvalue weighted by Crippen LogP contribution is 2.38. The molecule has 0 unspecified atom stereocenters. The van der Waals surface area contributed by atoms with Crippen molar-refractivity contribution in [1.82, 2.24) is 5.32 Å². The van der Waals surface area contributed by atoms with Crippen molar-refractivity contribution in [1.29, 1.82) is 0 Å². The van der Waals surface area contributed by atoms with E-state index in [-0.39, 0.29) is 11.8 Å². The molecule has 2 aliphatic rings. The van der Waals surface area contributed by atoms with Crippen LogP contribution < -0.4 is 15.1 Å². The molecular weight excluding hydrogens is 386 g/mol. The zero-order valence-electron chi connectivity index (χ0n) is 17.0. The number of carbonyl (C=O) groups excluding carboxylic acids is 2. The van der Waals surface area contributed by atoms with E-state index >= 15 is 0 Å². The molecule has 4 aromatic rings. The predicted octanol–water partition coefficient (Wildman–Crippen LogP) is 4.20. The van der Waals surface area contributed by atoms with Crippen LogP contribution in [0, 0.1) is 0 Å². The van der Waals surface area contributed by atoms with E-state index in [9.17, 15) is 9.59 Å². The molecular formula is C26H21N3O2. The molecule has 0 radical (unpaired) electrons. The molecule has 0 aromatic heterocycles. The van der Waals surface area contributed by atoms with Crippen molar-refractivity contribution in [2.75, 3.05) is 36.0 Å². The van der Waals surface area contributed by atoms with Crippen LogP contribution in [0.1, 0.15) is 20.7 Å². The molecule has 6 rings (SSSR count). The topological polar surface area (TPSA) is 52.7 Å². The summed E-state index contributed by atoms with van der Waals surface area (Å²) in [5.41, 5.74) is 3.52. The maximum absolute atomic E-state index is 12.9. The van der Waals surface area contributed by atoms with Gasteiger partial charge in [-0.15, -0.1) is 0 Å². The Morgan fingerprint density at radius 2 is 1.00 bits per heavy atom. The van der Waals surface area contributed by atoms with Crippen LogP contribution >= 0.6 is 0 Å². The van der Waals surface area contributed by atoms with Gasteiger partial charge < -0.3 is 15.1 Å². The Balaban J connectivity index is 1.11. The van der Waals surface area contributed by atoms with Crippen LogP contribution in [0.15, 0.2) is 72.8 Å². The van der Waals surface area contributed by atoms with Crippen LogP contribution in [0.5, 0.6) is 0 Å². The maximum atomic E-state index is 12.9. The third kappa shape index (κ3) is 2.67. The summed E-state index contributed by atoms with van der Waals surface area (Å²) >= 11 is 0. The normalized spacial score (nSPS) is 14.5. The van der Waals surface area contributed by atoms with Crippen LogP contribution in [0.25, 0.3) is 21.5 Å². The van der Waals surface area contributed by atoms with Gasteiger partial charge in [0, 0.05) is 48.1 Å². The summed E-state index contributed by atoms with van der Waals surface area (Å²) < 4.78 is 0. The lowest BCUT2D eigenvalue weighted by molar-refractivity contribution is 0.0987. The van der Waals surface area contributed by atoms with Crippen molar-refractivity contribution in [2.45, 2.75) is 0 Å². The molecule has 0 aliphatic carbocycles. The second-order valence-electron chi connectivity index (χ2n) is 8.03. The lowest BCUT2D eigenvalue weighted by Crippen LogP contribution is -2.38. The van der Waals surface area contributed by atoms with E-state index in [1.807, 2.05) is 82.6 Å². The molecule has 152 valence electrons. The summed E-state index contributed by atoms with van der Waals surface area (Å²) in [4.78, 5) is 29.4. The Hall–Kier alpha value is -3.70. The van der Waals surface area contributed by atoms with Gasteiger partial charge in [-0.3, -0.25) is 9.59 Å². The fraction of sp³-hybridized carbons (Fsp3) is 0.154. The number of nitrogens with zero attached hydrogens (tertiary/aromatic N) is 2. The first kappa shape index (κ1) is 18.1. The zero-order valence-corrected chi connectivity index (χ0v) is 17.0. The number of nitrogens with one attached hydrogen (secondary N) is 1. The van der Waals surface area contributed by atoms with Crippen molar-refractivity contribution in [3.05, 3.63) is 83.9 Å². The van der Waals surface area contributed by atoms with E-state index in [1.54, 1.807) is 0 Å². The minimum absolute atomic E-state index is 0.0606. The van der Waals surface area contributed by atoms with Gasteiger partial charge in [-0.25, -0.2) is 0 Å². The fourth-order valence-corrected chi connectivity index (χ4v) is 4.91. The van der Waals surface area contributed by atoms with E-state index in [2.05, 4.69) is 5.32 Å². The second-order valence-corrected chi connectivity index (χ2v) is 8.03. The number of carbonyl (C=O) groups is 2. The predicted molar refractivity (Wildman–Crippen MR) is 124 cm³/mol. The summed E-state index contributed by atoms with van der Waals surface area (Å²) in [5.74, 6) is 0.121. The van der Waals surface area contributed by atoms with E-state index in [0.717, 1.165) is 44.0 Å². The highest BCUT2D eigenvalue weighted by Gasteiger charge is 2.30. The van der Waals surface area contributed by atoms with Crippen molar-refractivity contribution in [2.24, 2.45) is 0 Å². The van der Waals surface area contributed by atoms with Crippen molar-refractivity contribution in [3.8, 4) is 0 Å². The van der Waals surface area contributed by atoms with Crippen molar-refractivity contribution >= 4 is 44.7 Å². The number of benzene rings is 4. The lowest BCUT2D eigenvalue weighted by Gasteiger charge is -2.20. The minimum atomic E-state index is 0.0606. The largest absolute Gasteiger partial charge is 0.313 e. The molecule has 0 atom stereocenters. The summed E-state index contributed by atoms with van der Waals surface area (Å²) in [5, 5.41) is 7.69. The highest BCUT2D eigenvalue weighted by atomic mass is 16.2. The third-order valence-corrected chi connectivity index (χ3v) is 6.32.